The van der Waals surface area contributed by atoms with Crippen LogP contribution in [0.15, 0.2) is 29.4 Å². The Morgan fingerprint density at radius 1 is 1.35 bits per heavy atom. The van der Waals surface area contributed by atoms with Gasteiger partial charge in [-0.1, -0.05) is 11.6 Å². The minimum absolute atomic E-state index is 0. The van der Waals surface area contributed by atoms with Crippen molar-refractivity contribution in [3.05, 3.63) is 40.9 Å². The van der Waals surface area contributed by atoms with E-state index in [4.69, 9.17) is 11.6 Å². The van der Waals surface area contributed by atoms with E-state index in [2.05, 4.69) is 34.6 Å². The Morgan fingerprint density at radius 2 is 2.12 bits per heavy atom. The van der Waals surface area contributed by atoms with Gasteiger partial charge in [0.2, 0.25) is 0 Å². The molecule has 82 valence electrons. The molecule has 17 heavy (non-hydrogen) atoms. The van der Waals surface area contributed by atoms with Gasteiger partial charge >= 0.3 is 29.6 Å². The molecule has 0 aliphatic carbocycles. The number of nitrogens with zero attached hydrogens (tertiary/aromatic N) is 3. The number of aromatic nitrogens is 3. The molecule has 0 saturated heterocycles. The van der Waals surface area contributed by atoms with Gasteiger partial charge in [-0.2, -0.15) is 5.10 Å². The minimum atomic E-state index is 0. The Morgan fingerprint density at radius 3 is 2.76 bits per heavy atom. The second-order valence-corrected chi connectivity index (χ2v) is 3.98. The Hall–Kier alpha value is -0.440. The van der Waals surface area contributed by atoms with Gasteiger partial charge in [-0.3, -0.25) is 4.68 Å². The van der Waals surface area contributed by atoms with Crippen LogP contribution in [0, 0.1) is 11.8 Å². The maximum absolute atomic E-state index is 6.00. The zero-order valence-corrected chi connectivity index (χ0v) is 10.1. The third-order valence-electron chi connectivity index (χ3n) is 1.89. The third-order valence-corrected chi connectivity index (χ3v) is 2.78. The van der Waals surface area contributed by atoms with Crippen LogP contribution in [0.1, 0.15) is 11.4 Å². The number of hydrogen-bond acceptors (Lipinski definition) is 3. The normalized spacial score (nSPS) is 9.12. The fourth-order valence-corrected chi connectivity index (χ4v) is 1.46. The van der Waals surface area contributed by atoms with Gasteiger partial charge in [-0.15, -0.1) is 12.6 Å². The van der Waals surface area contributed by atoms with Gasteiger partial charge in [0, 0.05) is 24.3 Å². The number of pyridine rings is 1. The van der Waals surface area contributed by atoms with Crippen LogP contribution in [-0.2, 0) is 7.05 Å². The molecule has 6 heteroatoms. The first-order chi connectivity index (χ1) is 7.66. The molecule has 2 heterocycles. The molecule has 0 saturated carbocycles. The average Bonchev–Trinajstić information content (AvgIpc) is 2.67. The zero-order valence-electron chi connectivity index (χ0n) is 8.48. The van der Waals surface area contributed by atoms with Crippen LogP contribution in [0.4, 0.5) is 0 Å². The number of halogens is 1. The number of hydrogen-bond donors (Lipinski definition) is 1. The van der Waals surface area contributed by atoms with Crippen molar-refractivity contribution < 1.29 is 0 Å². The van der Waals surface area contributed by atoms with E-state index in [1.165, 1.54) is 0 Å². The second kappa shape index (κ2) is 6.48. The molecule has 0 aliphatic heterocycles. The molecule has 2 aromatic heterocycles. The molecule has 0 fully saturated rings. The van der Waals surface area contributed by atoms with Crippen LogP contribution < -0.4 is 0 Å². The van der Waals surface area contributed by atoms with Crippen molar-refractivity contribution in [3.63, 3.8) is 0 Å². The average molecular weight is 274 g/mol. The van der Waals surface area contributed by atoms with E-state index in [1.807, 2.05) is 19.3 Å². The van der Waals surface area contributed by atoms with Crippen molar-refractivity contribution in [2.75, 3.05) is 0 Å². The first-order valence-corrected chi connectivity index (χ1v) is 5.34. The zero-order chi connectivity index (χ0) is 11.5. The predicted molar refractivity (Wildman–Crippen MR) is 72.8 cm³/mol. The fraction of sp³-hybridized carbons (Fsp3) is 0.0909. The first-order valence-electron chi connectivity index (χ1n) is 4.52. The van der Waals surface area contributed by atoms with Gasteiger partial charge in [-0.05, 0) is 24.0 Å². The van der Waals surface area contributed by atoms with E-state index in [0.717, 1.165) is 0 Å². The standard InChI is InChI=1S/C11H8ClN3S.Na.H/c1-15-7-5-8(14-15)2-3-9-11(12)10(16)4-6-13-9;;/h4-7H,1H3,(H,13,16);;. The molecule has 0 radical (unpaired) electrons. The van der Waals surface area contributed by atoms with Crippen molar-refractivity contribution in [2.24, 2.45) is 7.05 Å². The monoisotopic (exact) mass is 273 g/mol. The van der Waals surface area contributed by atoms with E-state index in [9.17, 15) is 0 Å². The van der Waals surface area contributed by atoms with Crippen LogP contribution >= 0.6 is 24.2 Å². The summed E-state index contributed by atoms with van der Waals surface area (Å²) in [7, 11) is 1.84. The summed E-state index contributed by atoms with van der Waals surface area (Å²) in [5, 5.41) is 4.60. The van der Waals surface area contributed by atoms with E-state index >= 15 is 0 Å². The van der Waals surface area contributed by atoms with Gasteiger partial charge in [0.05, 0.1) is 5.02 Å². The van der Waals surface area contributed by atoms with E-state index in [1.54, 1.807) is 16.9 Å². The van der Waals surface area contributed by atoms with Crippen molar-refractivity contribution in [2.45, 2.75) is 4.90 Å². The fourth-order valence-electron chi connectivity index (χ4n) is 1.13. The van der Waals surface area contributed by atoms with Crippen LogP contribution in [-0.4, -0.2) is 44.3 Å². The van der Waals surface area contributed by atoms with Crippen molar-refractivity contribution in [1.82, 2.24) is 14.8 Å². The predicted octanol–water partition coefficient (Wildman–Crippen LogP) is 1.51. The van der Waals surface area contributed by atoms with Gasteiger partial charge in [-0.25, -0.2) is 4.98 Å². The summed E-state index contributed by atoms with van der Waals surface area (Å²) >= 11 is 10.2. The van der Waals surface area contributed by atoms with Crippen molar-refractivity contribution in [3.8, 4) is 11.8 Å². The van der Waals surface area contributed by atoms with Crippen molar-refractivity contribution >= 4 is 53.8 Å². The molecule has 0 atom stereocenters. The second-order valence-electron chi connectivity index (χ2n) is 3.12. The van der Waals surface area contributed by atoms with Crippen LogP contribution in [0.3, 0.4) is 0 Å². The van der Waals surface area contributed by atoms with Gasteiger partial charge in [0.25, 0.3) is 0 Å². The molecular weight excluding hydrogens is 265 g/mol. The summed E-state index contributed by atoms with van der Waals surface area (Å²) in [5.41, 5.74) is 1.20. The summed E-state index contributed by atoms with van der Waals surface area (Å²) in [6.45, 7) is 0. The summed E-state index contributed by atoms with van der Waals surface area (Å²) in [5.74, 6) is 5.75. The maximum atomic E-state index is 6.00. The molecule has 0 spiro atoms. The van der Waals surface area contributed by atoms with E-state index in [0.29, 0.717) is 21.3 Å². The molecule has 0 aliphatic rings. The third kappa shape index (κ3) is 3.77. The Balaban J connectivity index is 0.00000144. The molecule has 0 amide bonds. The molecule has 0 aromatic carbocycles. The molecule has 0 N–H and O–H groups in total. The van der Waals surface area contributed by atoms with Gasteiger partial charge in [0.1, 0.15) is 11.4 Å². The Labute approximate surface area is 132 Å². The molecule has 2 rings (SSSR count). The van der Waals surface area contributed by atoms with Gasteiger partial charge in [0.15, 0.2) is 0 Å². The summed E-state index contributed by atoms with van der Waals surface area (Å²) in [6, 6.07) is 3.54. The molecule has 3 nitrogen and oxygen atoms in total. The SMILES string of the molecule is Cn1ccc(C#Cc2nccc(S)c2Cl)n1.[NaH]. The number of thiol groups is 1. The van der Waals surface area contributed by atoms with Crippen LogP contribution in [0.5, 0.6) is 0 Å². The quantitative estimate of drug-likeness (QED) is 0.448. The molecule has 0 bridgehead atoms. The molecule has 0 unspecified atom stereocenters. The Bertz CT molecular complexity index is 586. The summed E-state index contributed by atoms with van der Waals surface area (Å²) in [4.78, 5) is 4.74. The topological polar surface area (TPSA) is 30.7 Å². The number of aryl methyl sites for hydroxylation is 1. The van der Waals surface area contributed by atoms with E-state index in [-0.39, 0.29) is 29.6 Å². The summed E-state index contributed by atoms with van der Waals surface area (Å²) in [6.07, 6.45) is 3.45. The summed E-state index contributed by atoms with van der Waals surface area (Å²) < 4.78 is 1.69. The van der Waals surface area contributed by atoms with Crippen molar-refractivity contribution in [1.29, 1.82) is 0 Å². The van der Waals surface area contributed by atoms with Gasteiger partial charge < -0.3 is 0 Å². The van der Waals surface area contributed by atoms with Crippen LogP contribution in [0.25, 0.3) is 0 Å². The van der Waals surface area contributed by atoms with E-state index < -0.39 is 0 Å². The number of rotatable bonds is 0. The Kier molecular flexibility index (Phi) is 5.57. The molecular formula is C11H9ClN3NaS. The first kappa shape index (κ1) is 14.6. The van der Waals surface area contributed by atoms with Crippen LogP contribution in [0.2, 0.25) is 5.02 Å². The molecule has 2 aromatic rings.